The number of hydrogen-bond donors (Lipinski definition) is 0. The van der Waals surface area contributed by atoms with Crippen molar-refractivity contribution in [2.45, 2.75) is 33.1 Å². The molecule has 1 aromatic heterocycles. The summed E-state index contributed by atoms with van der Waals surface area (Å²) in [5, 5.41) is 0. The van der Waals surface area contributed by atoms with Crippen molar-refractivity contribution in [1.82, 2.24) is 9.55 Å². The number of benzene rings is 1. The lowest BCUT2D eigenvalue weighted by Crippen LogP contribution is -2.14. The first-order valence-electron chi connectivity index (χ1n) is 6.08. The Morgan fingerprint density at radius 3 is 2.39 bits per heavy atom. The van der Waals surface area contributed by atoms with Gasteiger partial charge in [0.15, 0.2) is 0 Å². The van der Waals surface area contributed by atoms with Crippen LogP contribution in [-0.2, 0) is 12.5 Å². The summed E-state index contributed by atoms with van der Waals surface area (Å²) in [6, 6.07) is 3.76. The van der Waals surface area contributed by atoms with Crippen molar-refractivity contribution in [3.8, 4) is 11.3 Å². The summed E-state index contributed by atoms with van der Waals surface area (Å²) in [6.07, 6.45) is 3.70. The van der Waals surface area contributed by atoms with Crippen LogP contribution in [0.1, 0.15) is 31.9 Å². The van der Waals surface area contributed by atoms with Crippen molar-refractivity contribution in [1.29, 1.82) is 0 Å². The van der Waals surface area contributed by atoms with Crippen LogP contribution in [-0.4, -0.2) is 9.55 Å². The lowest BCUT2D eigenvalue weighted by atomic mass is 9.84. The number of nitrogens with zero attached hydrogens (tertiary/aromatic N) is 2. The van der Waals surface area contributed by atoms with Crippen molar-refractivity contribution < 1.29 is 4.39 Å². The molecule has 96 valence electrons. The summed E-state index contributed by atoms with van der Waals surface area (Å²) < 4.78 is 16.1. The number of imidazole rings is 1. The van der Waals surface area contributed by atoms with Gasteiger partial charge < -0.3 is 4.57 Å². The van der Waals surface area contributed by atoms with Gasteiger partial charge >= 0.3 is 0 Å². The zero-order chi connectivity index (χ0) is 13.5. The second-order valence-corrected chi connectivity index (χ2v) is 5.83. The van der Waals surface area contributed by atoms with E-state index in [1.807, 2.05) is 50.7 Å². The molecule has 0 amide bonds. The van der Waals surface area contributed by atoms with Gasteiger partial charge in [-0.15, -0.1) is 0 Å². The van der Waals surface area contributed by atoms with Crippen LogP contribution in [0.25, 0.3) is 11.3 Å². The molecule has 0 bridgehead atoms. The van der Waals surface area contributed by atoms with Crippen LogP contribution in [0.5, 0.6) is 0 Å². The average molecular weight is 246 g/mol. The molecule has 0 saturated carbocycles. The minimum absolute atomic E-state index is 0.109. The van der Waals surface area contributed by atoms with Gasteiger partial charge in [-0.3, -0.25) is 0 Å². The molecule has 0 saturated heterocycles. The fourth-order valence-electron chi connectivity index (χ4n) is 2.03. The molecule has 0 radical (unpaired) electrons. The highest BCUT2D eigenvalue weighted by Crippen LogP contribution is 2.31. The fourth-order valence-corrected chi connectivity index (χ4v) is 2.03. The van der Waals surface area contributed by atoms with E-state index in [9.17, 15) is 4.39 Å². The molecule has 2 rings (SSSR count). The second kappa shape index (κ2) is 4.23. The van der Waals surface area contributed by atoms with E-state index in [0.717, 1.165) is 16.8 Å². The largest absolute Gasteiger partial charge is 0.340 e. The summed E-state index contributed by atoms with van der Waals surface area (Å²) in [5.41, 5.74) is 3.05. The Balaban J connectivity index is 2.61. The van der Waals surface area contributed by atoms with E-state index in [1.54, 1.807) is 13.3 Å². The third-order valence-corrected chi connectivity index (χ3v) is 3.06. The predicted molar refractivity (Wildman–Crippen MR) is 72.0 cm³/mol. The lowest BCUT2D eigenvalue weighted by Gasteiger charge is -2.21. The Bertz CT molecular complexity index is 577. The topological polar surface area (TPSA) is 17.8 Å². The van der Waals surface area contributed by atoms with E-state index in [2.05, 4.69) is 4.98 Å². The molecule has 2 nitrogen and oxygen atoms in total. The number of halogens is 1. The van der Waals surface area contributed by atoms with Crippen LogP contribution in [0.4, 0.5) is 4.39 Å². The van der Waals surface area contributed by atoms with Crippen LogP contribution in [0, 0.1) is 12.7 Å². The molecular weight excluding hydrogens is 227 g/mol. The quantitative estimate of drug-likeness (QED) is 0.747. The first kappa shape index (κ1) is 12.8. The lowest BCUT2D eigenvalue weighted by molar-refractivity contribution is 0.519. The van der Waals surface area contributed by atoms with Crippen LogP contribution >= 0.6 is 0 Å². The van der Waals surface area contributed by atoms with Crippen molar-refractivity contribution in [2.75, 3.05) is 0 Å². The van der Waals surface area contributed by atoms with Gasteiger partial charge in [0.2, 0.25) is 0 Å². The maximum absolute atomic E-state index is 14.2. The van der Waals surface area contributed by atoms with E-state index >= 15 is 0 Å². The van der Waals surface area contributed by atoms with E-state index in [0.29, 0.717) is 5.56 Å². The fraction of sp³-hybridized carbons (Fsp3) is 0.400. The molecule has 2 aromatic rings. The Kier molecular flexibility index (Phi) is 3.01. The SMILES string of the molecule is Cc1cc(-c2cn(C)cn2)cc(C(C)(C)C)c1F. The highest BCUT2D eigenvalue weighted by atomic mass is 19.1. The molecule has 0 atom stereocenters. The number of aromatic nitrogens is 2. The third kappa shape index (κ3) is 2.30. The first-order chi connectivity index (χ1) is 8.29. The van der Waals surface area contributed by atoms with Crippen LogP contribution in [0.2, 0.25) is 0 Å². The van der Waals surface area contributed by atoms with Gasteiger partial charge in [0.1, 0.15) is 5.82 Å². The zero-order valence-electron chi connectivity index (χ0n) is 11.6. The Hall–Kier alpha value is -1.64. The summed E-state index contributed by atoms with van der Waals surface area (Å²) >= 11 is 0. The molecule has 0 spiro atoms. The van der Waals surface area contributed by atoms with E-state index in [-0.39, 0.29) is 11.2 Å². The minimum atomic E-state index is -0.209. The molecule has 0 N–H and O–H groups in total. The molecule has 18 heavy (non-hydrogen) atoms. The highest BCUT2D eigenvalue weighted by molar-refractivity contribution is 5.61. The molecule has 0 fully saturated rings. The van der Waals surface area contributed by atoms with Crippen molar-refractivity contribution in [3.05, 3.63) is 41.6 Å². The van der Waals surface area contributed by atoms with Crippen molar-refractivity contribution in [3.63, 3.8) is 0 Å². The van der Waals surface area contributed by atoms with Gasteiger partial charge in [-0.2, -0.15) is 0 Å². The third-order valence-electron chi connectivity index (χ3n) is 3.06. The molecule has 0 aliphatic heterocycles. The summed E-state index contributed by atoms with van der Waals surface area (Å²) in [7, 11) is 1.93. The van der Waals surface area contributed by atoms with Crippen LogP contribution < -0.4 is 0 Å². The second-order valence-electron chi connectivity index (χ2n) is 5.83. The smallest absolute Gasteiger partial charge is 0.129 e. The Labute approximate surface area is 107 Å². The van der Waals surface area contributed by atoms with Gasteiger partial charge in [0.25, 0.3) is 0 Å². The van der Waals surface area contributed by atoms with Crippen molar-refractivity contribution >= 4 is 0 Å². The van der Waals surface area contributed by atoms with Gasteiger partial charge in [-0.05, 0) is 35.6 Å². The monoisotopic (exact) mass is 246 g/mol. The Morgan fingerprint density at radius 2 is 1.89 bits per heavy atom. The van der Waals surface area contributed by atoms with E-state index < -0.39 is 0 Å². The molecule has 0 aliphatic rings. The normalized spacial score (nSPS) is 11.9. The predicted octanol–water partition coefficient (Wildman–Crippen LogP) is 3.83. The Morgan fingerprint density at radius 1 is 1.22 bits per heavy atom. The molecular formula is C15H19FN2. The first-order valence-corrected chi connectivity index (χ1v) is 6.08. The molecule has 3 heteroatoms. The highest BCUT2D eigenvalue weighted by Gasteiger charge is 2.21. The van der Waals surface area contributed by atoms with E-state index in [1.165, 1.54) is 0 Å². The maximum atomic E-state index is 14.2. The van der Waals surface area contributed by atoms with Gasteiger partial charge in [0, 0.05) is 18.8 Å². The summed E-state index contributed by atoms with van der Waals surface area (Å²) in [6.45, 7) is 7.87. The zero-order valence-corrected chi connectivity index (χ0v) is 11.6. The number of aryl methyl sites for hydroxylation is 2. The van der Waals surface area contributed by atoms with Gasteiger partial charge in [-0.25, -0.2) is 9.37 Å². The average Bonchev–Trinajstić information content (AvgIpc) is 2.67. The van der Waals surface area contributed by atoms with Crippen LogP contribution in [0.3, 0.4) is 0 Å². The van der Waals surface area contributed by atoms with Gasteiger partial charge in [-0.1, -0.05) is 20.8 Å². The molecule has 0 unspecified atom stereocenters. The van der Waals surface area contributed by atoms with Gasteiger partial charge in [0.05, 0.1) is 12.0 Å². The summed E-state index contributed by atoms with van der Waals surface area (Å²) in [4.78, 5) is 4.32. The van der Waals surface area contributed by atoms with Crippen LogP contribution in [0.15, 0.2) is 24.7 Å². The maximum Gasteiger partial charge on any atom is 0.129 e. The number of rotatable bonds is 1. The number of hydrogen-bond acceptors (Lipinski definition) is 1. The molecule has 1 heterocycles. The standard InChI is InChI=1S/C15H19FN2/c1-10-6-11(13-8-18(5)9-17-13)7-12(14(10)16)15(2,3)4/h6-9H,1-5H3. The summed E-state index contributed by atoms with van der Waals surface area (Å²) in [5.74, 6) is -0.109. The van der Waals surface area contributed by atoms with Crippen molar-refractivity contribution in [2.24, 2.45) is 7.05 Å². The molecule has 0 aliphatic carbocycles. The molecule has 1 aromatic carbocycles. The van der Waals surface area contributed by atoms with E-state index in [4.69, 9.17) is 0 Å². The minimum Gasteiger partial charge on any atom is -0.340 e.